The molecule has 1 atom stereocenters. The van der Waals surface area contributed by atoms with Crippen LogP contribution in [0, 0.1) is 6.92 Å². The number of nitrogens with one attached hydrogen (secondary N) is 1. The van der Waals surface area contributed by atoms with E-state index < -0.39 is 24.4 Å². The van der Waals surface area contributed by atoms with E-state index in [1.165, 1.54) is 6.07 Å². The average molecular weight is 269 g/mol. The Morgan fingerprint density at radius 3 is 2.63 bits per heavy atom. The number of rotatable bonds is 7. The van der Waals surface area contributed by atoms with Crippen LogP contribution in [-0.2, 0) is 9.59 Å². The van der Waals surface area contributed by atoms with Crippen LogP contribution in [0.25, 0.3) is 0 Å². The average Bonchev–Trinajstić information content (AvgIpc) is 2.27. The molecule has 0 spiro atoms. The molecule has 8 heteroatoms. The van der Waals surface area contributed by atoms with Gasteiger partial charge in [-0.15, -0.1) is 0 Å². The van der Waals surface area contributed by atoms with Gasteiger partial charge in [0.15, 0.2) is 0 Å². The lowest BCUT2D eigenvalue weighted by atomic mass is 10.2. The summed E-state index contributed by atoms with van der Waals surface area (Å²) in [5.74, 6) is -1.57. The highest BCUT2D eigenvalue weighted by Gasteiger charge is 2.21. The Kier molecular flexibility index (Phi) is 5.04. The van der Waals surface area contributed by atoms with Crippen LogP contribution in [0.4, 0.5) is 5.82 Å². The van der Waals surface area contributed by atoms with Gasteiger partial charge in [0, 0.05) is 6.07 Å². The Morgan fingerprint density at radius 1 is 1.42 bits per heavy atom. The van der Waals surface area contributed by atoms with Gasteiger partial charge >= 0.3 is 11.9 Å². The van der Waals surface area contributed by atoms with Crippen LogP contribution in [0.15, 0.2) is 6.07 Å². The van der Waals surface area contributed by atoms with Gasteiger partial charge in [-0.2, -0.15) is 4.98 Å². The van der Waals surface area contributed by atoms with Crippen LogP contribution in [0.3, 0.4) is 0 Å². The first-order valence-electron chi connectivity index (χ1n) is 5.62. The van der Waals surface area contributed by atoms with Crippen molar-refractivity contribution in [3.8, 4) is 5.88 Å². The number of carboxylic acid groups (broad SMARTS) is 2. The largest absolute Gasteiger partial charge is 0.481 e. The van der Waals surface area contributed by atoms with Gasteiger partial charge in [-0.05, 0) is 13.8 Å². The quantitative estimate of drug-likeness (QED) is 0.655. The topological polar surface area (TPSA) is 122 Å². The van der Waals surface area contributed by atoms with Crippen LogP contribution in [0.5, 0.6) is 5.88 Å². The fraction of sp³-hybridized carbons (Fsp3) is 0.455. The first-order chi connectivity index (χ1) is 8.92. The number of nitrogens with zero attached hydrogens (tertiary/aromatic N) is 2. The number of hydrogen-bond donors (Lipinski definition) is 3. The first kappa shape index (κ1) is 14.7. The first-order valence-corrected chi connectivity index (χ1v) is 5.62. The fourth-order valence-electron chi connectivity index (χ4n) is 1.39. The summed E-state index contributed by atoms with van der Waals surface area (Å²) in [5, 5.41) is 20.1. The summed E-state index contributed by atoms with van der Waals surface area (Å²) in [6.45, 7) is 3.82. The molecule has 1 aromatic heterocycles. The van der Waals surface area contributed by atoms with Crippen molar-refractivity contribution in [2.75, 3.05) is 11.9 Å². The zero-order valence-corrected chi connectivity index (χ0v) is 10.6. The maximum Gasteiger partial charge on any atom is 0.326 e. The molecule has 0 saturated heterocycles. The Balaban J connectivity index is 2.89. The standard InChI is InChI=1S/C11H15N3O5/c1-3-19-9-5-8(12-6(2)13-9)14-7(11(17)18)4-10(15)16/h5,7H,3-4H2,1-2H3,(H,15,16)(H,17,18)(H,12,13,14). The van der Waals surface area contributed by atoms with Crippen LogP contribution < -0.4 is 10.1 Å². The SMILES string of the molecule is CCOc1cc(NC(CC(=O)O)C(=O)O)nc(C)n1. The van der Waals surface area contributed by atoms with Gasteiger partial charge in [-0.3, -0.25) is 4.79 Å². The summed E-state index contributed by atoms with van der Waals surface area (Å²) in [7, 11) is 0. The minimum absolute atomic E-state index is 0.213. The molecule has 0 fully saturated rings. The Labute approximate surface area is 109 Å². The van der Waals surface area contributed by atoms with Crippen molar-refractivity contribution < 1.29 is 24.5 Å². The van der Waals surface area contributed by atoms with E-state index in [0.29, 0.717) is 18.3 Å². The van der Waals surface area contributed by atoms with Crippen molar-refractivity contribution in [2.24, 2.45) is 0 Å². The van der Waals surface area contributed by atoms with Crippen molar-refractivity contribution in [3.05, 3.63) is 11.9 Å². The third-order valence-electron chi connectivity index (χ3n) is 2.11. The molecule has 0 radical (unpaired) electrons. The predicted molar refractivity (Wildman–Crippen MR) is 65.2 cm³/mol. The van der Waals surface area contributed by atoms with Gasteiger partial charge in [0.2, 0.25) is 5.88 Å². The zero-order chi connectivity index (χ0) is 14.4. The van der Waals surface area contributed by atoms with Crippen molar-refractivity contribution in [3.63, 3.8) is 0 Å². The predicted octanol–water partition coefficient (Wildman–Crippen LogP) is 0.524. The molecule has 1 rings (SSSR count). The minimum Gasteiger partial charge on any atom is -0.481 e. The molecule has 3 N–H and O–H groups in total. The van der Waals surface area contributed by atoms with Crippen molar-refractivity contribution >= 4 is 17.8 Å². The highest BCUT2D eigenvalue weighted by molar-refractivity contribution is 5.83. The highest BCUT2D eigenvalue weighted by Crippen LogP contribution is 2.15. The summed E-state index contributed by atoms with van der Waals surface area (Å²) in [6.07, 6.45) is -0.553. The zero-order valence-electron chi connectivity index (χ0n) is 10.6. The van der Waals surface area contributed by atoms with Crippen LogP contribution in [0.2, 0.25) is 0 Å². The molecule has 0 aliphatic rings. The van der Waals surface area contributed by atoms with E-state index in [2.05, 4.69) is 15.3 Å². The molecular weight excluding hydrogens is 254 g/mol. The smallest absolute Gasteiger partial charge is 0.326 e. The maximum absolute atomic E-state index is 10.9. The normalized spacial score (nSPS) is 11.7. The molecular formula is C11H15N3O5. The molecule has 0 amide bonds. The minimum atomic E-state index is -1.27. The number of carbonyl (C=O) groups is 2. The van der Waals surface area contributed by atoms with Gasteiger partial charge in [0.25, 0.3) is 0 Å². The van der Waals surface area contributed by atoms with Gasteiger partial charge in [0.1, 0.15) is 17.7 Å². The van der Waals surface area contributed by atoms with E-state index >= 15 is 0 Å². The second-order valence-electron chi connectivity index (χ2n) is 3.70. The van der Waals surface area contributed by atoms with E-state index in [9.17, 15) is 9.59 Å². The van der Waals surface area contributed by atoms with E-state index in [1.54, 1.807) is 13.8 Å². The Hall–Kier alpha value is -2.38. The van der Waals surface area contributed by atoms with Gasteiger partial charge < -0.3 is 20.3 Å². The molecule has 1 unspecified atom stereocenters. The third kappa shape index (κ3) is 4.78. The molecule has 19 heavy (non-hydrogen) atoms. The lowest BCUT2D eigenvalue weighted by molar-refractivity contribution is -0.144. The molecule has 0 aliphatic carbocycles. The van der Waals surface area contributed by atoms with Crippen molar-refractivity contribution in [1.29, 1.82) is 0 Å². The van der Waals surface area contributed by atoms with Gasteiger partial charge in [-0.25, -0.2) is 9.78 Å². The molecule has 1 aromatic rings. The Morgan fingerprint density at radius 2 is 2.11 bits per heavy atom. The lowest BCUT2D eigenvalue weighted by Crippen LogP contribution is -2.32. The summed E-state index contributed by atoms with van der Waals surface area (Å²) < 4.78 is 5.20. The van der Waals surface area contributed by atoms with Gasteiger partial charge in [0.05, 0.1) is 13.0 Å². The maximum atomic E-state index is 10.9. The van der Waals surface area contributed by atoms with Gasteiger partial charge in [-0.1, -0.05) is 0 Å². The fourth-order valence-corrected chi connectivity index (χ4v) is 1.39. The number of anilines is 1. The second-order valence-corrected chi connectivity index (χ2v) is 3.70. The number of ether oxygens (including phenoxy) is 1. The number of aromatic nitrogens is 2. The van der Waals surface area contributed by atoms with Crippen LogP contribution >= 0.6 is 0 Å². The highest BCUT2D eigenvalue weighted by atomic mass is 16.5. The monoisotopic (exact) mass is 269 g/mol. The molecule has 104 valence electrons. The van der Waals surface area contributed by atoms with Crippen LogP contribution in [-0.4, -0.2) is 44.8 Å². The lowest BCUT2D eigenvalue weighted by Gasteiger charge is -2.14. The summed E-state index contributed by atoms with van der Waals surface area (Å²) in [4.78, 5) is 29.5. The number of hydrogen-bond acceptors (Lipinski definition) is 6. The van der Waals surface area contributed by atoms with E-state index in [-0.39, 0.29) is 5.82 Å². The van der Waals surface area contributed by atoms with E-state index in [1.807, 2.05) is 0 Å². The molecule has 0 aromatic carbocycles. The van der Waals surface area contributed by atoms with E-state index in [0.717, 1.165) is 0 Å². The summed E-state index contributed by atoms with van der Waals surface area (Å²) in [5.41, 5.74) is 0. The Bertz CT molecular complexity index is 477. The summed E-state index contributed by atoms with van der Waals surface area (Å²) in [6, 6.07) is 0.162. The molecule has 1 heterocycles. The number of carboxylic acids is 2. The third-order valence-corrected chi connectivity index (χ3v) is 2.11. The van der Waals surface area contributed by atoms with Crippen LogP contribution in [0.1, 0.15) is 19.2 Å². The second kappa shape index (κ2) is 6.53. The van der Waals surface area contributed by atoms with Crippen molar-refractivity contribution in [1.82, 2.24) is 9.97 Å². The van der Waals surface area contributed by atoms with Crippen molar-refractivity contribution in [2.45, 2.75) is 26.3 Å². The molecule has 0 saturated carbocycles. The molecule has 0 bridgehead atoms. The van der Waals surface area contributed by atoms with E-state index in [4.69, 9.17) is 14.9 Å². The number of aryl methyl sites for hydroxylation is 1. The molecule has 8 nitrogen and oxygen atoms in total. The number of aliphatic carboxylic acids is 2. The summed E-state index contributed by atoms with van der Waals surface area (Å²) >= 11 is 0. The molecule has 0 aliphatic heterocycles.